The topological polar surface area (TPSA) is 73.2 Å². The van der Waals surface area contributed by atoms with Gasteiger partial charge in [0.05, 0.1) is 30.5 Å². The molecule has 0 aliphatic heterocycles. The number of hydrogen-bond acceptors (Lipinski definition) is 4. The lowest BCUT2D eigenvalue weighted by Crippen LogP contribution is -2.17. The summed E-state index contributed by atoms with van der Waals surface area (Å²) in [7, 11) is 1.24. The molecule has 1 aromatic heterocycles. The van der Waals surface area contributed by atoms with Crippen LogP contribution in [0.3, 0.4) is 0 Å². The number of aryl methyl sites for hydroxylation is 1. The highest BCUT2D eigenvalue weighted by Crippen LogP contribution is 2.19. The molecule has 1 aromatic carbocycles. The van der Waals surface area contributed by atoms with Crippen molar-refractivity contribution in [3.63, 3.8) is 0 Å². The predicted octanol–water partition coefficient (Wildman–Crippen LogP) is 3.26. The molecule has 1 heterocycles. The van der Waals surface area contributed by atoms with Gasteiger partial charge < -0.3 is 10.1 Å². The van der Waals surface area contributed by atoms with Gasteiger partial charge >= 0.3 is 5.97 Å². The maximum Gasteiger partial charge on any atom is 0.337 e. The molecule has 26 heavy (non-hydrogen) atoms. The van der Waals surface area contributed by atoms with E-state index in [9.17, 15) is 14.0 Å². The number of methoxy groups -OCH3 is 1. The summed E-state index contributed by atoms with van der Waals surface area (Å²) in [5, 5.41) is 7.00. The third-order valence-corrected chi connectivity index (χ3v) is 4.07. The molecule has 140 valence electrons. The Kier molecular flexibility index (Phi) is 6.13. The van der Waals surface area contributed by atoms with E-state index >= 15 is 0 Å². The number of carbonyl (C=O) groups is 2. The summed E-state index contributed by atoms with van der Waals surface area (Å²) in [5.74, 6) is -1.15. The summed E-state index contributed by atoms with van der Waals surface area (Å²) in [6, 6.07) is 3.70. The van der Waals surface area contributed by atoms with E-state index < -0.39 is 11.8 Å². The zero-order valence-corrected chi connectivity index (χ0v) is 15.7. The molecule has 0 aliphatic carbocycles. The minimum atomic E-state index is -0.616. The second-order valence-corrected chi connectivity index (χ2v) is 6.64. The summed E-state index contributed by atoms with van der Waals surface area (Å²) in [6.45, 7) is 8.73. The molecule has 7 heteroatoms. The minimum absolute atomic E-state index is 0.0530. The van der Waals surface area contributed by atoms with Gasteiger partial charge in [0.15, 0.2) is 0 Å². The number of halogens is 1. The van der Waals surface area contributed by atoms with Crippen molar-refractivity contribution in [2.24, 2.45) is 5.92 Å². The van der Waals surface area contributed by atoms with Crippen LogP contribution >= 0.6 is 0 Å². The molecule has 1 N–H and O–H groups in total. The van der Waals surface area contributed by atoms with Gasteiger partial charge in [-0.25, -0.2) is 9.18 Å². The number of rotatable bonds is 6. The number of hydrogen-bond donors (Lipinski definition) is 1. The third-order valence-electron chi connectivity index (χ3n) is 4.07. The molecular formula is C19H24FN3O3. The number of anilines is 1. The third kappa shape index (κ3) is 4.47. The Labute approximate surface area is 152 Å². The molecule has 2 aromatic rings. The first-order chi connectivity index (χ1) is 12.2. The van der Waals surface area contributed by atoms with Crippen LogP contribution in [0.1, 0.15) is 41.2 Å². The van der Waals surface area contributed by atoms with E-state index in [1.54, 1.807) is 0 Å². The van der Waals surface area contributed by atoms with Crippen LogP contribution in [0.4, 0.5) is 10.1 Å². The molecule has 0 radical (unpaired) electrons. The average molecular weight is 361 g/mol. The lowest BCUT2D eigenvalue weighted by Gasteiger charge is -2.09. The maximum atomic E-state index is 14.0. The highest BCUT2D eigenvalue weighted by Gasteiger charge is 2.17. The van der Waals surface area contributed by atoms with Crippen molar-refractivity contribution in [2.45, 2.75) is 40.7 Å². The second kappa shape index (κ2) is 8.12. The Balaban J connectivity index is 2.17. The molecule has 0 saturated carbocycles. The summed E-state index contributed by atoms with van der Waals surface area (Å²) in [4.78, 5) is 24.0. The van der Waals surface area contributed by atoms with E-state index in [1.807, 2.05) is 18.5 Å². The van der Waals surface area contributed by atoms with Crippen molar-refractivity contribution in [1.29, 1.82) is 0 Å². The zero-order valence-electron chi connectivity index (χ0n) is 15.7. The number of esters is 1. The maximum absolute atomic E-state index is 14.0. The van der Waals surface area contributed by atoms with Gasteiger partial charge in [0.1, 0.15) is 5.82 Å². The van der Waals surface area contributed by atoms with Gasteiger partial charge in [0.2, 0.25) is 5.91 Å². The first-order valence-electron chi connectivity index (χ1n) is 8.43. The monoisotopic (exact) mass is 361 g/mol. The molecule has 0 atom stereocenters. The van der Waals surface area contributed by atoms with Crippen molar-refractivity contribution in [2.75, 3.05) is 12.4 Å². The Morgan fingerprint density at radius 1 is 1.31 bits per heavy atom. The van der Waals surface area contributed by atoms with Crippen molar-refractivity contribution >= 4 is 17.6 Å². The van der Waals surface area contributed by atoms with Crippen molar-refractivity contribution in [3.05, 3.63) is 46.5 Å². The number of carbonyl (C=O) groups excluding carboxylic acids is 2. The van der Waals surface area contributed by atoms with Crippen molar-refractivity contribution in [3.8, 4) is 0 Å². The Hall–Kier alpha value is -2.70. The Bertz CT molecular complexity index is 828. The van der Waals surface area contributed by atoms with Gasteiger partial charge in [-0.05, 0) is 38.0 Å². The lowest BCUT2D eigenvalue weighted by molar-refractivity contribution is -0.115. The molecule has 0 unspecified atom stereocenters. The van der Waals surface area contributed by atoms with Crippen LogP contribution in [-0.2, 0) is 22.5 Å². The van der Waals surface area contributed by atoms with Crippen molar-refractivity contribution < 1.29 is 18.7 Å². The van der Waals surface area contributed by atoms with Crippen LogP contribution in [-0.4, -0.2) is 28.8 Å². The number of benzene rings is 1. The van der Waals surface area contributed by atoms with Crippen molar-refractivity contribution in [1.82, 2.24) is 9.78 Å². The molecule has 6 nitrogen and oxygen atoms in total. The van der Waals surface area contributed by atoms with Gasteiger partial charge in [-0.3, -0.25) is 9.48 Å². The standard InChI is InChI=1S/C19H24FN3O3/c1-11(2)10-23-13(4)15(12(3)22-23)9-18(24)21-17-8-14(19(25)26-5)6-7-16(17)20/h6-8,11H,9-10H2,1-5H3,(H,21,24). The number of aromatic nitrogens is 2. The highest BCUT2D eigenvalue weighted by atomic mass is 19.1. The quantitative estimate of drug-likeness (QED) is 0.802. The van der Waals surface area contributed by atoms with Gasteiger partial charge in [0.25, 0.3) is 0 Å². The second-order valence-electron chi connectivity index (χ2n) is 6.64. The SMILES string of the molecule is COC(=O)c1ccc(F)c(NC(=O)Cc2c(C)nn(CC(C)C)c2C)c1. The summed E-state index contributed by atoms with van der Waals surface area (Å²) >= 11 is 0. The Morgan fingerprint density at radius 2 is 2.00 bits per heavy atom. The number of nitrogens with one attached hydrogen (secondary N) is 1. The van der Waals surface area contributed by atoms with Gasteiger partial charge in [-0.1, -0.05) is 13.8 Å². The van der Waals surface area contributed by atoms with Crippen LogP contribution < -0.4 is 5.32 Å². The first-order valence-corrected chi connectivity index (χ1v) is 8.43. The lowest BCUT2D eigenvalue weighted by atomic mass is 10.1. The smallest absolute Gasteiger partial charge is 0.337 e. The van der Waals surface area contributed by atoms with E-state index in [-0.39, 0.29) is 23.6 Å². The first kappa shape index (κ1) is 19.6. The summed E-state index contributed by atoms with van der Waals surface area (Å²) in [5.41, 5.74) is 2.65. The van der Waals surface area contributed by atoms with Gasteiger partial charge in [0, 0.05) is 17.8 Å². The van der Waals surface area contributed by atoms with Crippen LogP contribution in [0.15, 0.2) is 18.2 Å². The number of nitrogens with zero attached hydrogens (tertiary/aromatic N) is 2. The fourth-order valence-corrected chi connectivity index (χ4v) is 2.73. The molecule has 0 saturated heterocycles. The molecular weight excluding hydrogens is 337 g/mol. The fraction of sp³-hybridized carbons (Fsp3) is 0.421. The van der Waals surface area contributed by atoms with E-state index in [0.29, 0.717) is 5.92 Å². The van der Waals surface area contributed by atoms with Gasteiger partial charge in [-0.2, -0.15) is 5.10 Å². The molecule has 2 rings (SSSR count). The van der Waals surface area contributed by atoms with E-state index in [2.05, 4.69) is 29.0 Å². The zero-order chi connectivity index (χ0) is 19.4. The Morgan fingerprint density at radius 3 is 2.62 bits per heavy atom. The largest absolute Gasteiger partial charge is 0.465 e. The molecule has 1 amide bonds. The highest BCUT2D eigenvalue weighted by molar-refractivity contribution is 5.95. The number of ether oxygens (including phenoxy) is 1. The normalized spacial score (nSPS) is 10.9. The van der Waals surface area contributed by atoms with Crippen LogP contribution in [0.25, 0.3) is 0 Å². The van der Waals surface area contributed by atoms with E-state index in [0.717, 1.165) is 29.6 Å². The van der Waals surface area contributed by atoms with Crippen LogP contribution in [0, 0.1) is 25.6 Å². The molecule has 0 spiro atoms. The molecule has 0 bridgehead atoms. The van der Waals surface area contributed by atoms with Gasteiger partial charge in [-0.15, -0.1) is 0 Å². The summed E-state index contributed by atoms with van der Waals surface area (Å²) in [6.07, 6.45) is 0.0810. The van der Waals surface area contributed by atoms with E-state index in [1.165, 1.54) is 19.2 Å². The van der Waals surface area contributed by atoms with E-state index in [4.69, 9.17) is 0 Å². The minimum Gasteiger partial charge on any atom is -0.465 e. The summed E-state index contributed by atoms with van der Waals surface area (Å²) < 4.78 is 20.5. The van der Waals surface area contributed by atoms with Crippen LogP contribution in [0.2, 0.25) is 0 Å². The molecule has 0 fully saturated rings. The molecule has 0 aliphatic rings. The predicted molar refractivity (Wildman–Crippen MR) is 96.6 cm³/mol. The number of amides is 1. The van der Waals surface area contributed by atoms with Crippen LogP contribution in [0.5, 0.6) is 0 Å². The fourth-order valence-electron chi connectivity index (χ4n) is 2.73. The average Bonchev–Trinajstić information content (AvgIpc) is 2.83.